The monoisotopic (exact) mass is 261 g/mol. The van der Waals surface area contributed by atoms with Crippen LogP contribution in [0.1, 0.15) is 16.1 Å². The molecule has 0 saturated heterocycles. The van der Waals surface area contributed by atoms with Gasteiger partial charge in [-0.2, -0.15) is 0 Å². The molecule has 2 heterocycles. The summed E-state index contributed by atoms with van der Waals surface area (Å²) in [6.07, 6.45) is 3.54. The van der Waals surface area contributed by atoms with E-state index in [1.165, 1.54) is 6.20 Å². The molecule has 0 fully saturated rings. The Labute approximate surface area is 109 Å². The minimum absolute atomic E-state index is 0.0594. The van der Waals surface area contributed by atoms with E-state index < -0.39 is 17.3 Å². The van der Waals surface area contributed by atoms with Gasteiger partial charge in [-0.05, 0) is 18.2 Å². The molecule has 0 amide bonds. The Kier molecular flexibility index (Phi) is 4.02. The first-order valence-electron chi connectivity index (χ1n) is 5.70. The van der Waals surface area contributed by atoms with Crippen LogP contribution in [0.5, 0.6) is 0 Å². The molecule has 0 bridgehead atoms. The van der Waals surface area contributed by atoms with Crippen LogP contribution in [-0.4, -0.2) is 27.6 Å². The number of rotatable bonds is 5. The second-order valence-corrected chi connectivity index (χ2v) is 3.82. The van der Waals surface area contributed by atoms with Gasteiger partial charge in [0.1, 0.15) is 5.56 Å². The third-order valence-corrected chi connectivity index (χ3v) is 2.52. The quantitative estimate of drug-likeness (QED) is 0.860. The summed E-state index contributed by atoms with van der Waals surface area (Å²) < 4.78 is 13.7. The van der Waals surface area contributed by atoms with E-state index in [-0.39, 0.29) is 5.82 Å². The highest BCUT2D eigenvalue weighted by Crippen LogP contribution is 2.14. The van der Waals surface area contributed by atoms with Crippen LogP contribution < -0.4 is 5.32 Å². The van der Waals surface area contributed by atoms with Crippen molar-refractivity contribution in [1.82, 2.24) is 9.97 Å². The smallest absolute Gasteiger partial charge is 0.338 e. The summed E-state index contributed by atoms with van der Waals surface area (Å²) in [4.78, 5) is 18.7. The molecule has 0 radical (unpaired) electrons. The summed E-state index contributed by atoms with van der Waals surface area (Å²) in [7, 11) is 0. The highest BCUT2D eigenvalue weighted by molar-refractivity contribution is 5.88. The summed E-state index contributed by atoms with van der Waals surface area (Å²) in [5, 5.41) is 11.6. The highest BCUT2D eigenvalue weighted by Gasteiger charge is 2.14. The maximum Gasteiger partial charge on any atom is 0.338 e. The first-order chi connectivity index (χ1) is 9.18. The van der Waals surface area contributed by atoms with Crippen LogP contribution in [0.4, 0.5) is 10.2 Å². The Morgan fingerprint density at radius 2 is 2.11 bits per heavy atom. The van der Waals surface area contributed by atoms with Gasteiger partial charge >= 0.3 is 5.97 Å². The molecule has 6 heteroatoms. The average molecular weight is 261 g/mol. The fraction of sp³-hybridized carbons (Fsp3) is 0.154. The zero-order valence-corrected chi connectivity index (χ0v) is 10.0. The van der Waals surface area contributed by atoms with E-state index in [0.29, 0.717) is 13.0 Å². The molecule has 0 saturated carbocycles. The fourth-order valence-corrected chi connectivity index (χ4v) is 1.59. The van der Waals surface area contributed by atoms with E-state index in [1.807, 2.05) is 18.2 Å². The van der Waals surface area contributed by atoms with Crippen molar-refractivity contribution in [1.29, 1.82) is 0 Å². The van der Waals surface area contributed by atoms with E-state index >= 15 is 0 Å². The predicted molar refractivity (Wildman–Crippen MR) is 67.6 cm³/mol. The molecule has 0 aliphatic heterocycles. The van der Waals surface area contributed by atoms with Gasteiger partial charge in [0.2, 0.25) is 0 Å². The maximum atomic E-state index is 13.7. The number of hydrogen-bond donors (Lipinski definition) is 2. The van der Waals surface area contributed by atoms with Crippen molar-refractivity contribution in [2.45, 2.75) is 6.42 Å². The number of carbonyl (C=O) groups is 1. The summed E-state index contributed by atoms with van der Waals surface area (Å²) in [6, 6.07) is 6.67. The number of hydrogen-bond acceptors (Lipinski definition) is 4. The molecular formula is C13H12FN3O2. The normalized spacial score (nSPS) is 10.2. The van der Waals surface area contributed by atoms with Crippen LogP contribution in [0.3, 0.4) is 0 Å². The summed E-state index contributed by atoms with van der Waals surface area (Å²) in [5.74, 6) is -2.22. The van der Waals surface area contributed by atoms with Crippen LogP contribution in [0.15, 0.2) is 36.7 Å². The van der Waals surface area contributed by atoms with Crippen LogP contribution in [-0.2, 0) is 6.42 Å². The minimum Gasteiger partial charge on any atom is -0.478 e. The molecule has 0 aliphatic rings. The van der Waals surface area contributed by atoms with Crippen LogP contribution in [0, 0.1) is 5.82 Å². The van der Waals surface area contributed by atoms with Crippen LogP contribution >= 0.6 is 0 Å². The van der Waals surface area contributed by atoms with E-state index in [9.17, 15) is 9.18 Å². The van der Waals surface area contributed by atoms with Crippen molar-refractivity contribution in [3.63, 3.8) is 0 Å². The Morgan fingerprint density at radius 1 is 1.26 bits per heavy atom. The van der Waals surface area contributed by atoms with Crippen molar-refractivity contribution in [3.05, 3.63) is 53.7 Å². The molecule has 2 rings (SSSR count). The lowest BCUT2D eigenvalue weighted by atomic mass is 10.2. The first kappa shape index (κ1) is 12.9. The maximum absolute atomic E-state index is 13.7. The molecule has 2 N–H and O–H groups in total. The van der Waals surface area contributed by atoms with Gasteiger partial charge < -0.3 is 10.4 Å². The molecule has 2 aromatic heterocycles. The Balaban J connectivity index is 2.00. The van der Waals surface area contributed by atoms with Gasteiger partial charge in [0.15, 0.2) is 11.6 Å². The molecule has 2 aromatic rings. The van der Waals surface area contributed by atoms with Crippen molar-refractivity contribution < 1.29 is 14.3 Å². The number of carboxylic acid groups (broad SMARTS) is 1. The average Bonchev–Trinajstić information content (AvgIpc) is 2.41. The molecule has 0 spiro atoms. The molecule has 0 aromatic carbocycles. The molecule has 0 unspecified atom stereocenters. The van der Waals surface area contributed by atoms with Crippen molar-refractivity contribution in [2.24, 2.45) is 0 Å². The molecule has 98 valence electrons. The molecule has 5 nitrogen and oxygen atoms in total. The second-order valence-electron chi connectivity index (χ2n) is 3.82. The SMILES string of the molecule is O=C(O)c1ccnc(NCCc2ccccn2)c1F. The lowest BCUT2D eigenvalue weighted by molar-refractivity contribution is 0.0692. The summed E-state index contributed by atoms with van der Waals surface area (Å²) in [5.41, 5.74) is 0.472. The summed E-state index contributed by atoms with van der Waals surface area (Å²) in [6.45, 7) is 0.421. The number of nitrogens with zero attached hydrogens (tertiary/aromatic N) is 2. The van der Waals surface area contributed by atoms with Gasteiger partial charge in [-0.25, -0.2) is 14.2 Å². The lowest BCUT2D eigenvalue weighted by Gasteiger charge is -2.07. The molecular weight excluding hydrogens is 249 g/mol. The number of aromatic nitrogens is 2. The Hall–Kier alpha value is -2.50. The van der Waals surface area contributed by atoms with Gasteiger partial charge in [0.05, 0.1) is 0 Å². The van der Waals surface area contributed by atoms with E-state index in [2.05, 4.69) is 15.3 Å². The second kappa shape index (κ2) is 5.90. The third-order valence-electron chi connectivity index (χ3n) is 2.52. The van der Waals surface area contributed by atoms with Gasteiger partial charge in [0.25, 0.3) is 0 Å². The van der Waals surface area contributed by atoms with Crippen LogP contribution in [0.25, 0.3) is 0 Å². The molecule has 19 heavy (non-hydrogen) atoms. The predicted octanol–water partition coefficient (Wildman–Crippen LogP) is 1.97. The first-order valence-corrected chi connectivity index (χ1v) is 5.70. The van der Waals surface area contributed by atoms with Gasteiger partial charge in [0, 0.05) is 31.1 Å². The molecule has 0 aliphatic carbocycles. The zero-order chi connectivity index (χ0) is 13.7. The van der Waals surface area contributed by atoms with Crippen molar-refractivity contribution >= 4 is 11.8 Å². The number of carboxylic acids is 1. The highest BCUT2D eigenvalue weighted by atomic mass is 19.1. The molecule has 0 atom stereocenters. The van der Waals surface area contributed by atoms with E-state index in [4.69, 9.17) is 5.11 Å². The van der Waals surface area contributed by atoms with Gasteiger partial charge in [-0.1, -0.05) is 6.07 Å². The van der Waals surface area contributed by atoms with Crippen molar-refractivity contribution in [3.8, 4) is 0 Å². The number of halogens is 1. The number of aromatic carboxylic acids is 1. The Bertz CT molecular complexity index is 575. The van der Waals surface area contributed by atoms with Crippen LogP contribution in [0.2, 0.25) is 0 Å². The zero-order valence-electron chi connectivity index (χ0n) is 10.0. The van der Waals surface area contributed by atoms with E-state index in [1.54, 1.807) is 6.20 Å². The Morgan fingerprint density at radius 3 is 2.79 bits per heavy atom. The largest absolute Gasteiger partial charge is 0.478 e. The number of anilines is 1. The van der Waals surface area contributed by atoms with Crippen molar-refractivity contribution in [2.75, 3.05) is 11.9 Å². The topological polar surface area (TPSA) is 75.1 Å². The minimum atomic E-state index is -1.31. The summed E-state index contributed by atoms with van der Waals surface area (Å²) >= 11 is 0. The van der Waals surface area contributed by atoms with Gasteiger partial charge in [-0.3, -0.25) is 4.98 Å². The number of pyridine rings is 2. The fourth-order valence-electron chi connectivity index (χ4n) is 1.59. The lowest BCUT2D eigenvalue weighted by Crippen LogP contribution is -2.11. The van der Waals surface area contributed by atoms with E-state index in [0.717, 1.165) is 11.8 Å². The number of nitrogens with one attached hydrogen (secondary N) is 1. The third kappa shape index (κ3) is 3.25. The standard InChI is InChI=1S/C13H12FN3O2/c14-11-10(13(18)19)5-8-17-12(11)16-7-4-9-3-1-2-6-15-9/h1-3,5-6,8H,4,7H2,(H,16,17)(H,18,19). The van der Waals surface area contributed by atoms with Gasteiger partial charge in [-0.15, -0.1) is 0 Å².